The second-order valence-electron chi connectivity index (χ2n) is 5.79. The number of benzene rings is 1. The number of carbonyl (C=O) groups is 1. The first kappa shape index (κ1) is 17.6. The number of ether oxygens (including phenoxy) is 1. The summed E-state index contributed by atoms with van der Waals surface area (Å²) >= 11 is 0. The number of hydrogen-bond acceptors (Lipinski definition) is 7. The Hall–Kier alpha value is -3.17. The van der Waals surface area contributed by atoms with Crippen LogP contribution in [-0.4, -0.2) is 47.2 Å². The van der Waals surface area contributed by atoms with Gasteiger partial charge in [0.2, 0.25) is 5.95 Å². The van der Waals surface area contributed by atoms with Gasteiger partial charge in [-0.1, -0.05) is 6.07 Å². The van der Waals surface area contributed by atoms with E-state index in [1.165, 1.54) is 6.20 Å². The maximum atomic E-state index is 11.7. The number of primary amides is 1. The molecule has 0 spiro atoms. The predicted molar refractivity (Wildman–Crippen MR) is 100 cm³/mol. The highest BCUT2D eigenvalue weighted by Gasteiger charge is 2.14. The Morgan fingerprint density at radius 2 is 2.23 bits per heavy atom. The number of rotatable bonds is 8. The molecule has 0 bridgehead atoms. The van der Waals surface area contributed by atoms with Crippen molar-refractivity contribution in [3.63, 3.8) is 0 Å². The van der Waals surface area contributed by atoms with Gasteiger partial charge in [-0.05, 0) is 18.2 Å². The van der Waals surface area contributed by atoms with Crippen LogP contribution in [0, 0.1) is 0 Å². The van der Waals surface area contributed by atoms with Crippen LogP contribution in [0.25, 0.3) is 10.9 Å². The average molecular weight is 355 g/mol. The Balaban J connectivity index is 1.87. The topological polar surface area (TPSA) is 144 Å². The standard InChI is InChI=1S/C17H21N7O2/c1-26-9-10(18)7-21-17-22-8-12(15(19)25)16(24-17)23-14-4-2-3-13-11(14)5-6-20-13/h2-6,8,10,20H,7,9,18H2,1H3,(H2,19,25)(H2,21,22,23,24). The number of fused-ring (bicyclic) bond motifs is 1. The van der Waals surface area contributed by atoms with Gasteiger partial charge in [0.05, 0.1) is 6.61 Å². The van der Waals surface area contributed by atoms with E-state index in [1.807, 2.05) is 30.5 Å². The van der Waals surface area contributed by atoms with Crippen molar-refractivity contribution < 1.29 is 9.53 Å². The van der Waals surface area contributed by atoms with Crippen LogP contribution in [-0.2, 0) is 4.74 Å². The Morgan fingerprint density at radius 1 is 1.38 bits per heavy atom. The molecule has 1 amide bonds. The molecular weight excluding hydrogens is 334 g/mol. The van der Waals surface area contributed by atoms with E-state index in [9.17, 15) is 4.79 Å². The fraction of sp³-hybridized carbons (Fsp3) is 0.235. The summed E-state index contributed by atoms with van der Waals surface area (Å²) in [5.74, 6) is 0.0469. The Kier molecular flexibility index (Phi) is 5.30. The van der Waals surface area contributed by atoms with E-state index in [1.54, 1.807) is 7.11 Å². The number of carbonyl (C=O) groups excluding carboxylic acids is 1. The van der Waals surface area contributed by atoms with Gasteiger partial charge < -0.3 is 31.8 Å². The fourth-order valence-electron chi connectivity index (χ4n) is 2.56. The number of methoxy groups -OCH3 is 1. The van der Waals surface area contributed by atoms with Crippen molar-refractivity contribution in [3.8, 4) is 0 Å². The van der Waals surface area contributed by atoms with Crippen LogP contribution in [0.2, 0.25) is 0 Å². The maximum Gasteiger partial charge on any atom is 0.254 e. The van der Waals surface area contributed by atoms with Crippen molar-refractivity contribution in [2.75, 3.05) is 30.9 Å². The molecule has 1 unspecified atom stereocenters. The van der Waals surface area contributed by atoms with Gasteiger partial charge in [-0.2, -0.15) is 4.98 Å². The van der Waals surface area contributed by atoms with E-state index >= 15 is 0 Å². The second kappa shape index (κ2) is 7.81. The average Bonchev–Trinajstić information content (AvgIpc) is 3.10. The third-order valence-electron chi connectivity index (χ3n) is 3.81. The van der Waals surface area contributed by atoms with Crippen LogP contribution in [0.15, 0.2) is 36.7 Å². The van der Waals surface area contributed by atoms with Crippen molar-refractivity contribution in [1.29, 1.82) is 0 Å². The van der Waals surface area contributed by atoms with Crippen LogP contribution in [0.5, 0.6) is 0 Å². The molecule has 0 aliphatic rings. The summed E-state index contributed by atoms with van der Waals surface area (Å²) in [6.07, 6.45) is 3.23. The van der Waals surface area contributed by atoms with Gasteiger partial charge in [0, 0.05) is 48.7 Å². The summed E-state index contributed by atoms with van der Waals surface area (Å²) in [6.45, 7) is 0.837. The number of aromatic nitrogens is 3. The SMILES string of the molecule is COCC(N)CNc1ncc(C(N)=O)c(Nc2cccc3[nH]ccc23)n1. The summed E-state index contributed by atoms with van der Waals surface area (Å²) in [5.41, 5.74) is 13.3. The lowest BCUT2D eigenvalue weighted by atomic mass is 10.2. The summed E-state index contributed by atoms with van der Waals surface area (Å²) in [7, 11) is 1.58. The molecule has 9 nitrogen and oxygen atoms in total. The Labute approximate surface area is 150 Å². The maximum absolute atomic E-state index is 11.7. The monoisotopic (exact) mass is 355 g/mol. The first-order chi connectivity index (χ1) is 12.6. The van der Waals surface area contributed by atoms with Crippen molar-refractivity contribution in [3.05, 3.63) is 42.2 Å². The Morgan fingerprint density at radius 3 is 3.00 bits per heavy atom. The van der Waals surface area contributed by atoms with E-state index in [-0.39, 0.29) is 11.6 Å². The molecule has 26 heavy (non-hydrogen) atoms. The molecule has 0 saturated heterocycles. The van der Waals surface area contributed by atoms with Crippen LogP contribution in [0.3, 0.4) is 0 Å². The van der Waals surface area contributed by atoms with Crippen molar-refractivity contribution in [2.24, 2.45) is 11.5 Å². The quantitative estimate of drug-likeness (QED) is 0.408. The van der Waals surface area contributed by atoms with Gasteiger partial charge in [-0.15, -0.1) is 0 Å². The molecule has 1 aromatic carbocycles. The van der Waals surface area contributed by atoms with E-state index in [2.05, 4.69) is 25.6 Å². The molecular formula is C17H21N7O2. The van der Waals surface area contributed by atoms with Gasteiger partial charge in [-0.3, -0.25) is 4.79 Å². The van der Waals surface area contributed by atoms with Crippen LogP contribution in [0.4, 0.5) is 17.5 Å². The molecule has 0 aliphatic heterocycles. The number of anilines is 3. The third-order valence-corrected chi connectivity index (χ3v) is 3.81. The highest BCUT2D eigenvalue weighted by Crippen LogP contribution is 2.26. The number of nitrogens with two attached hydrogens (primary N) is 2. The fourth-order valence-corrected chi connectivity index (χ4v) is 2.56. The normalized spacial score (nSPS) is 12.1. The molecule has 1 atom stereocenters. The molecule has 2 aromatic heterocycles. The first-order valence-corrected chi connectivity index (χ1v) is 8.07. The lowest BCUT2D eigenvalue weighted by molar-refractivity contribution is 0.100. The molecule has 0 aliphatic carbocycles. The second-order valence-corrected chi connectivity index (χ2v) is 5.79. The van der Waals surface area contributed by atoms with Crippen molar-refractivity contribution in [1.82, 2.24) is 15.0 Å². The highest BCUT2D eigenvalue weighted by molar-refractivity contribution is 6.00. The lowest BCUT2D eigenvalue weighted by Crippen LogP contribution is -2.33. The van der Waals surface area contributed by atoms with Crippen molar-refractivity contribution in [2.45, 2.75) is 6.04 Å². The van der Waals surface area contributed by atoms with Gasteiger partial charge in [-0.25, -0.2) is 4.98 Å². The van der Waals surface area contributed by atoms with Gasteiger partial charge in [0.25, 0.3) is 5.91 Å². The minimum absolute atomic E-state index is 0.198. The number of nitrogens with one attached hydrogen (secondary N) is 3. The first-order valence-electron chi connectivity index (χ1n) is 8.07. The molecule has 3 rings (SSSR count). The summed E-state index contributed by atoms with van der Waals surface area (Å²) in [6, 6.07) is 7.48. The summed E-state index contributed by atoms with van der Waals surface area (Å²) in [5, 5.41) is 7.17. The van der Waals surface area contributed by atoms with Gasteiger partial charge in [0.1, 0.15) is 11.4 Å². The summed E-state index contributed by atoms with van der Waals surface area (Å²) in [4.78, 5) is 23.4. The van der Waals surface area contributed by atoms with E-state index in [4.69, 9.17) is 16.2 Å². The third kappa shape index (κ3) is 3.90. The van der Waals surface area contributed by atoms with Crippen LogP contribution >= 0.6 is 0 Å². The number of H-pyrrole nitrogens is 1. The number of aromatic amines is 1. The van der Waals surface area contributed by atoms with E-state index < -0.39 is 5.91 Å². The van der Waals surface area contributed by atoms with Crippen LogP contribution in [0.1, 0.15) is 10.4 Å². The van der Waals surface area contributed by atoms with Gasteiger partial charge in [0.15, 0.2) is 0 Å². The zero-order valence-corrected chi connectivity index (χ0v) is 14.3. The zero-order valence-electron chi connectivity index (χ0n) is 14.3. The minimum Gasteiger partial charge on any atom is -0.383 e. The molecule has 7 N–H and O–H groups in total. The number of amides is 1. The van der Waals surface area contributed by atoms with Crippen LogP contribution < -0.4 is 22.1 Å². The smallest absolute Gasteiger partial charge is 0.254 e. The van der Waals surface area contributed by atoms with Gasteiger partial charge >= 0.3 is 0 Å². The minimum atomic E-state index is -0.614. The summed E-state index contributed by atoms with van der Waals surface area (Å²) < 4.78 is 5.00. The molecule has 0 fully saturated rings. The number of hydrogen-bond donors (Lipinski definition) is 5. The Bertz CT molecular complexity index is 909. The lowest BCUT2D eigenvalue weighted by Gasteiger charge is -2.14. The largest absolute Gasteiger partial charge is 0.383 e. The van der Waals surface area contributed by atoms with E-state index in [0.717, 1.165) is 16.6 Å². The van der Waals surface area contributed by atoms with E-state index in [0.29, 0.717) is 24.9 Å². The molecule has 3 aromatic rings. The molecule has 2 heterocycles. The van der Waals surface area contributed by atoms with Crippen molar-refractivity contribution >= 4 is 34.3 Å². The number of nitrogens with zero attached hydrogens (tertiary/aromatic N) is 2. The molecule has 136 valence electrons. The molecule has 0 radical (unpaired) electrons. The molecule has 0 saturated carbocycles. The zero-order chi connectivity index (χ0) is 18.5. The highest BCUT2D eigenvalue weighted by atomic mass is 16.5. The predicted octanol–water partition coefficient (Wildman–Crippen LogP) is 1.19. The molecule has 9 heteroatoms.